The van der Waals surface area contributed by atoms with E-state index in [0.717, 1.165) is 12.5 Å². The summed E-state index contributed by atoms with van der Waals surface area (Å²) in [5, 5.41) is 0. The topological polar surface area (TPSA) is 35.5 Å². The van der Waals surface area contributed by atoms with Gasteiger partial charge in [0.15, 0.2) is 8.32 Å². The van der Waals surface area contributed by atoms with Gasteiger partial charge in [-0.05, 0) is 46.0 Å². The molecule has 3 nitrogen and oxygen atoms in total. The van der Waals surface area contributed by atoms with Crippen LogP contribution in [0.25, 0.3) is 0 Å². The minimum Gasteiger partial charge on any atom is -0.462 e. The highest BCUT2D eigenvalue weighted by molar-refractivity contribution is 6.73. The summed E-state index contributed by atoms with van der Waals surface area (Å²) in [7, 11) is -0.830. The van der Waals surface area contributed by atoms with Crippen molar-refractivity contribution in [2.24, 2.45) is 0 Å². The van der Waals surface area contributed by atoms with Gasteiger partial charge in [0.05, 0.1) is 6.61 Å². The van der Waals surface area contributed by atoms with Crippen molar-refractivity contribution in [3.63, 3.8) is 0 Å². The molecule has 0 aliphatic heterocycles. The first-order valence-electron chi connectivity index (χ1n) is 5.57. The van der Waals surface area contributed by atoms with Gasteiger partial charge in [-0.25, -0.2) is 4.79 Å². The maximum absolute atomic E-state index is 11.3. The summed E-state index contributed by atoms with van der Waals surface area (Å²) in [4.78, 5) is 11.3. The minimum atomic E-state index is -1.37. The number of hydrogen-bond acceptors (Lipinski definition) is 3. The van der Waals surface area contributed by atoms with Gasteiger partial charge in [0.25, 0.3) is 0 Å². The first-order valence-corrected chi connectivity index (χ1v) is 10.1. The number of rotatable bonds is 7. The fourth-order valence-corrected chi connectivity index (χ4v) is 3.24. The summed E-state index contributed by atoms with van der Waals surface area (Å²) in [6.07, 6.45) is 2.64. The molecule has 0 aliphatic rings. The van der Waals surface area contributed by atoms with E-state index in [9.17, 15) is 4.79 Å². The highest BCUT2D eigenvalue weighted by Gasteiger charge is 2.13. The van der Waals surface area contributed by atoms with Crippen molar-refractivity contribution in [2.45, 2.75) is 46.0 Å². The maximum atomic E-state index is 11.3. The number of ether oxygens (including phenoxy) is 1. The zero-order valence-corrected chi connectivity index (χ0v) is 12.9. The van der Waals surface area contributed by atoms with Gasteiger partial charge in [-0.15, -0.1) is 0 Å². The van der Waals surface area contributed by atoms with E-state index >= 15 is 0 Å². The molecule has 0 saturated carbocycles. The number of allylic oxidation sites excluding steroid dienone is 1. The summed E-state index contributed by atoms with van der Waals surface area (Å²) in [6, 6.07) is 0.979. The Labute approximate surface area is 102 Å². The molecule has 0 atom stereocenters. The second kappa shape index (κ2) is 7.81. The molecule has 0 aromatic heterocycles. The molecule has 0 aliphatic carbocycles. The van der Waals surface area contributed by atoms with Crippen molar-refractivity contribution in [1.82, 2.24) is 0 Å². The zero-order valence-electron chi connectivity index (χ0n) is 10.9. The third-order valence-electron chi connectivity index (χ3n) is 1.79. The summed E-state index contributed by atoms with van der Waals surface area (Å²) >= 11 is 0. The summed E-state index contributed by atoms with van der Waals surface area (Å²) in [5.74, 6) is -0.211. The Morgan fingerprint density at radius 3 is 2.50 bits per heavy atom. The average molecular weight is 258 g/mol. The lowest BCUT2D eigenvalue weighted by molar-refractivity contribution is -0.138. The van der Waals surface area contributed by atoms with Gasteiger partial charge in [0.2, 0.25) is 9.76 Å². The number of carbonyl (C=O) groups is 1. The van der Waals surface area contributed by atoms with Crippen LogP contribution < -0.4 is 0 Å². The van der Waals surface area contributed by atoms with Crippen LogP contribution in [-0.4, -0.2) is 30.7 Å². The number of hydrogen-bond donors (Lipinski definition) is 0. The third kappa shape index (κ3) is 8.88. The molecule has 16 heavy (non-hydrogen) atoms. The molecule has 2 radical (unpaired) electrons. The molecule has 0 heterocycles. The van der Waals surface area contributed by atoms with E-state index in [-0.39, 0.29) is 5.97 Å². The molecule has 0 spiro atoms. The SMILES string of the molecule is C/C=C(\C)C(=O)OCCC[Si]O[Si](C)(C)C. The Morgan fingerprint density at radius 2 is 2.00 bits per heavy atom. The van der Waals surface area contributed by atoms with Gasteiger partial charge < -0.3 is 8.85 Å². The first-order chi connectivity index (χ1) is 7.37. The molecule has 5 heteroatoms. The lowest BCUT2D eigenvalue weighted by Crippen LogP contribution is -2.27. The van der Waals surface area contributed by atoms with Crippen LogP contribution in [0.5, 0.6) is 0 Å². The van der Waals surface area contributed by atoms with E-state index in [2.05, 4.69) is 19.6 Å². The van der Waals surface area contributed by atoms with E-state index < -0.39 is 8.32 Å². The lowest BCUT2D eigenvalue weighted by Gasteiger charge is -2.16. The van der Waals surface area contributed by atoms with E-state index in [1.165, 1.54) is 0 Å². The van der Waals surface area contributed by atoms with Crippen molar-refractivity contribution in [3.8, 4) is 0 Å². The maximum Gasteiger partial charge on any atom is 0.333 e. The molecule has 0 unspecified atom stereocenters. The van der Waals surface area contributed by atoms with Gasteiger partial charge in [-0.2, -0.15) is 0 Å². The second-order valence-electron chi connectivity index (χ2n) is 4.57. The number of esters is 1. The van der Waals surface area contributed by atoms with Crippen molar-refractivity contribution >= 4 is 24.0 Å². The highest BCUT2D eigenvalue weighted by atomic mass is 28.4. The molecule has 0 fully saturated rings. The molecular weight excluding hydrogens is 236 g/mol. The first kappa shape index (κ1) is 15.6. The highest BCUT2D eigenvalue weighted by Crippen LogP contribution is 2.03. The predicted molar refractivity (Wildman–Crippen MR) is 70.0 cm³/mol. The fourth-order valence-electron chi connectivity index (χ4n) is 0.808. The Kier molecular flexibility index (Phi) is 7.62. The van der Waals surface area contributed by atoms with E-state index in [1.807, 2.05) is 6.92 Å². The normalized spacial score (nSPS) is 12.7. The van der Waals surface area contributed by atoms with E-state index in [0.29, 0.717) is 21.9 Å². The van der Waals surface area contributed by atoms with Crippen molar-refractivity contribution in [3.05, 3.63) is 11.6 Å². The van der Waals surface area contributed by atoms with Crippen molar-refractivity contribution in [1.29, 1.82) is 0 Å². The minimum absolute atomic E-state index is 0.211. The molecule has 0 amide bonds. The van der Waals surface area contributed by atoms with Crippen LogP contribution in [0.15, 0.2) is 11.6 Å². The summed E-state index contributed by atoms with van der Waals surface area (Å²) in [5.41, 5.74) is 0.667. The monoisotopic (exact) mass is 258 g/mol. The Bertz CT molecular complexity index is 244. The Hall–Kier alpha value is -0.396. The molecule has 0 bridgehead atoms. The third-order valence-corrected chi connectivity index (χ3v) is 5.37. The van der Waals surface area contributed by atoms with Gasteiger partial charge >= 0.3 is 5.97 Å². The van der Waals surface area contributed by atoms with Crippen LogP contribution in [0.2, 0.25) is 25.7 Å². The van der Waals surface area contributed by atoms with Crippen LogP contribution in [0.3, 0.4) is 0 Å². The Morgan fingerprint density at radius 1 is 1.38 bits per heavy atom. The van der Waals surface area contributed by atoms with Crippen LogP contribution in [-0.2, 0) is 13.6 Å². The molecule has 0 aromatic rings. The molecule has 0 rings (SSSR count). The van der Waals surface area contributed by atoms with Gasteiger partial charge in [-0.1, -0.05) is 6.08 Å². The van der Waals surface area contributed by atoms with Crippen LogP contribution >= 0.6 is 0 Å². The van der Waals surface area contributed by atoms with Crippen molar-refractivity contribution in [2.75, 3.05) is 6.61 Å². The fraction of sp³-hybridized carbons (Fsp3) is 0.727. The van der Waals surface area contributed by atoms with Gasteiger partial charge in [0, 0.05) is 5.57 Å². The standard InChI is InChI=1S/C11H22O3Si2/c1-6-10(2)11(12)13-8-7-9-15-14-16(3,4)5/h6H,7-9H2,1-5H3/b10-6+. The van der Waals surface area contributed by atoms with Gasteiger partial charge in [-0.3, -0.25) is 0 Å². The molecule has 0 N–H and O–H groups in total. The largest absolute Gasteiger partial charge is 0.462 e. The predicted octanol–water partition coefficient (Wildman–Crippen LogP) is 2.77. The summed E-state index contributed by atoms with van der Waals surface area (Å²) in [6.45, 7) is 10.6. The van der Waals surface area contributed by atoms with E-state index in [4.69, 9.17) is 8.85 Å². The van der Waals surface area contributed by atoms with E-state index in [1.54, 1.807) is 13.0 Å². The van der Waals surface area contributed by atoms with Crippen LogP contribution in [0.1, 0.15) is 20.3 Å². The lowest BCUT2D eigenvalue weighted by atomic mass is 10.3. The van der Waals surface area contributed by atoms with Gasteiger partial charge in [0.1, 0.15) is 0 Å². The van der Waals surface area contributed by atoms with Crippen LogP contribution in [0.4, 0.5) is 0 Å². The second-order valence-corrected chi connectivity index (χ2v) is 10.4. The molecule has 0 aromatic carbocycles. The smallest absolute Gasteiger partial charge is 0.333 e. The molecular formula is C11H22O3Si2. The Balaban J connectivity index is 3.45. The van der Waals surface area contributed by atoms with Crippen molar-refractivity contribution < 1.29 is 13.6 Å². The average Bonchev–Trinajstić information content (AvgIpc) is 2.20. The zero-order chi connectivity index (χ0) is 12.6. The number of carbonyl (C=O) groups excluding carboxylic acids is 1. The van der Waals surface area contributed by atoms with Crippen LogP contribution in [0, 0.1) is 0 Å². The quantitative estimate of drug-likeness (QED) is 0.305. The molecule has 0 saturated heterocycles. The summed E-state index contributed by atoms with van der Waals surface area (Å²) < 4.78 is 10.8. The molecule has 92 valence electrons.